The molecule has 3 unspecified atom stereocenters. The number of aromatic hydroxyl groups is 2. The minimum atomic E-state index is -0.0607. The first-order chi connectivity index (χ1) is 15.6. The zero-order chi connectivity index (χ0) is 22.1. The van der Waals surface area contributed by atoms with Gasteiger partial charge in [-0.05, 0) is 60.2 Å². The number of allylic oxidation sites excluding steroid dienone is 2. The fraction of sp³-hybridized carbons (Fsp3) is 0.222. The number of fused-ring (bicyclic) bond motifs is 3. The van der Waals surface area contributed by atoms with Crippen molar-refractivity contribution in [1.29, 1.82) is 0 Å². The summed E-state index contributed by atoms with van der Waals surface area (Å²) < 4.78 is 0. The van der Waals surface area contributed by atoms with Gasteiger partial charge in [0.2, 0.25) is 5.91 Å². The molecule has 3 aromatic rings. The fourth-order valence-corrected chi connectivity index (χ4v) is 4.90. The van der Waals surface area contributed by atoms with Crippen molar-refractivity contribution in [3.8, 4) is 11.5 Å². The van der Waals surface area contributed by atoms with Crippen molar-refractivity contribution in [2.75, 3.05) is 10.6 Å². The molecule has 0 aromatic heterocycles. The SMILES string of the molecule is O=C(CCc1ccccc1)Nc1ccc2c(c1)C1C=CCC1C(c1ccc(O)cc1O)N2. The van der Waals surface area contributed by atoms with E-state index in [0.717, 1.165) is 34.5 Å². The second-order valence-electron chi connectivity index (χ2n) is 8.55. The molecular formula is C27H26N2O3. The summed E-state index contributed by atoms with van der Waals surface area (Å²) in [7, 11) is 0. The minimum absolute atomic E-state index is 0.00276. The molecule has 0 radical (unpaired) electrons. The van der Waals surface area contributed by atoms with Crippen LogP contribution >= 0.6 is 0 Å². The van der Waals surface area contributed by atoms with Crippen LogP contribution in [0.1, 0.15) is 41.5 Å². The van der Waals surface area contributed by atoms with Crippen LogP contribution in [-0.2, 0) is 11.2 Å². The van der Waals surface area contributed by atoms with Gasteiger partial charge in [0.1, 0.15) is 11.5 Å². The third-order valence-electron chi connectivity index (χ3n) is 6.48. The highest BCUT2D eigenvalue weighted by Crippen LogP contribution is 2.51. The zero-order valence-electron chi connectivity index (χ0n) is 17.7. The molecule has 5 heteroatoms. The summed E-state index contributed by atoms with van der Waals surface area (Å²) in [6.07, 6.45) is 6.45. The average Bonchev–Trinajstić information content (AvgIpc) is 3.29. The van der Waals surface area contributed by atoms with Crippen molar-refractivity contribution >= 4 is 17.3 Å². The summed E-state index contributed by atoms with van der Waals surface area (Å²) in [5, 5.41) is 26.7. The van der Waals surface area contributed by atoms with E-state index in [4.69, 9.17) is 0 Å². The maximum absolute atomic E-state index is 12.5. The molecule has 0 saturated heterocycles. The van der Waals surface area contributed by atoms with E-state index >= 15 is 0 Å². The Morgan fingerprint density at radius 3 is 2.66 bits per heavy atom. The van der Waals surface area contributed by atoms with Crippen molar-refractivity contribution in [1.82, 2.24) is 0 Å². The molecule has 3 aromatic carbocycles. The number of aryl methyl sites for hydroxylation is 1. The van der Waals surface area contributed by atoms with Crippen molar-refractivity contribution in [3.63, 3.8) is 0 Å². The topological polar surface area (TPSA) is 81.6 Å². The Balaban J connectivity index is 1.34. The summed E-state index contributed by atoms with van der Waals surface area (Å²) in [6.45, 7) is 0. The van der Waals surface area contributed by atoms with Gasteiger partial charge in [0.05, 0.1) is 6.04 Å². The van der Waals surface area contributed by atoms with Crippen molar-refractivity contribution in [2.24, 2.45) is 5.92 Å². The van der Waals surface area contributed by atoms with Crippen LogP contribution < -0.4 is 10.6 Å². The summed E-state index contributed by atoms with van der Waals surface area (Å²) in [5.41, 5.74) is 4.88. The zero-order valence-corrected chi connectivity index (χ0v) is 17.7. The Kier molecular flexibility index (Phi) is 5.31. The molecule has 0 bridgehead atoms. The second-order valence-corrected chi connectivity index (χ2v) is 8.55. The van der Waals surface area contributed by atoms with E-state index in [2.05, 4.69) is 28.9 Å². The number of anilines is 2. The van der Waals surface area contributed by atoms with Gasteiger partial charge >= 0.3 is 0 Å². The molecule has 32 heavy (non-hydrogen) atoms. The predicted molar refractivity (Wildman–Crippen MR) is 126 cm³/mol. The number of carbonyl (C=O) groups is 1. The molecule has 0 spiro atoms. The molecule has 5 rings (SSSR count). The number of phenols is 2. The highest BCUT2D eigenvalue weighted by atomic mass is 16.3. The van der Waals surface area contributed by atoms with Gasteiger partial charge in [0, 0.05) is 35.3 Å². The summed E-state index contributed by atoms with van der Waals surface area (Å²) in [4.78, 5) is 12.5. The average molecular weight is 427 g/mol. The van der Waals surface area contributed by atoms with Crippen LogP contribution in [0.5, 0.6) is 11.5 Å². The van der Waals surface area contributed by atoms with E-state index in [9.17, 15) is 15.0 Å². The highest BCUT2D eigenvalue weighted by Gasteiger charge is 2.39. The lowest BCUT2D eigenvalue weighted by Crippen LogP contribution is -2.29. The molecule has 162 valence electrons. The Morgan fingerprint density at radius 2 is 1.84 bits per heavy atom. The summed E-state index contributed by atoms with van der Waals surface area (Å²) >= 11 is 0. The number of hydrogen-bond acceptors (Lipinski definition) is 4. The number of nitrogens with one attached hydrogen (secondary N) is 2. The number of rotatable bonds is 5. The second kappa shape index (κ2) is 8.42. The minimum Gasteiger partial charge on any atom is -0.508 e. The first-order valence-corrected chi connectivity index (χ1v) is 11.0. The first kappa shape index (κ1) is 20.2. The van der Waals surface area contributed by atoms with Crippen LogP contribution in [0.3, 0.4) is 0 Å². The molecular weight excluding hydrogens is 400 g/mol. The van der Waals surface area contributed by atoms with Crippen LogP contribution in [0, 0.1) is 5.92 Å². The molecule has 5 nitrogen and oxygen atoms in total. The lowest BCUT2D eigenvalue weighted by atomic mass is 9.76. The highest BCUT2D eigenvalue weighted by molar-refractivity contribution is 5.91. The Hall–Kier alpha value is -3.73. The number of amides is 1. The molecule has 0 saturated carbocycles. The van der Waals surface area contributed by atoms with Crippen molar-refractivity contribution < 1.29 is 15.0 Å². The fourth-order valence-electron chi connectivity index (χ4n) is 4.90. The maximum Gasteiger partial charge on any atom is 0.224 e. The number of carbonyl (C=O) groups excluding carboxylic acids is 1. The third-order valence-corrected chi connectivity index (χ3v) is 6.48. The number of benzene rings is 3. The van der Waals surface area contributed by atoms with Crippen LogP contribution in [0.15, 0.2) is 78.9 Å². The van der Waals surface area contributed by atoms with Gasteiger partial charge in [-0.15, -0.1) is 0 Å². The van der Waals surface area contributed by atoms with Gasteiger partial charge in [-0.25, -0.2) is 0 Å². The molecule has 2 aliphatic rings. The van der Waals surface area contributed by atoms with Crippen LogP contribution in [0.4, 0.5) is 11.4 Å². The maximum atomic E-state index is 12.5. The van der Waals surface area contributed by atoms with Gasteiger partial charge < -0.3 is 20.8 Å². The van der Waals surface area contributed by atoms with E-state index in [1.807, 2.05) is 42.5 Å². The van der Waals surface area contributed by atoms with Gasteiger partial charge in [-0.3, -0.25) is 4.79 Å². The Labute approximate surface area is 187 Å². The molecule has 0 fully saturated rings. The molecule has 1 heterocycles. The van der Waals surface area contributed by atoms with Crippen LogP contribution in [0.25, 0.3) is 0 Å². The van der Waals surface area contributed by atoms with Gasteiger partial charge in [0.25, 0.3) is 0 Å². The van der Waals surface area contributed by atoms with Crippen molar-refractivity contribution in [2.45, 2.75) is 31.2 Å². The number of phenolic OH excluding ortho intramolecular Hbond substituents is 2. The first-order valence-electron chi connectivity index (χ1n) is 11.0. The molecule has 1 aliphatic carbocycles. The lowest BCUT2D eigenvalue weighted by Gasteiger charge is -2.38. The lowest BCUT2D eigenvalue weighted by molar-refractivity contribution is -0.116. The van der Waals surface area contributed by atoms with E-state index in [1.165, 1.54) is 6.07 Å². The smallest absolute Gasteiger partial charge is 0.224 e. The van der Waals surface area contributed by atoms with E-state index < -0.39 is 0 Å². The molecule has 4 N–H and O–H groups in total. The van der Waals surface area contributed by atoms with Gasteiger partial charge in [-0.1, -0.05) is 42.5 Å². The quantitative estimate of drug-likeness (QED) is 0.406. The third kappa shape index (κ3) is 3.94. The predicted octanol–water partition coefficient (Wildman–Crippen LogP) is 5.50. The van der Waals surface area contributed by atoms with Crippen LogP contribution in [-0.4, -0.2) is 16.1 Å². The van der Waals surface area contributed by atoms with E-state index in [1.54, 1.807) is 12.1 Å². The van der Waals surface area contributed by atoms with Crippen LogP contribution in [0.2, 0.25) is 0 Å². The van der Waals surface area contributed by atoms with E-state index in [0.29, 0.717) is 12.8 Å². The van der Waals surface area contributed by atoms with Gasteiger partial charge in [-0.2, -0.15) is 0 Å². The molecule has 3 atom stereocenters. The largest absolute Gasteiger partial charge is 0.508 e. The standard InChI is InChI=1S/C27H26N2O3/c30-19-11-12-22(25(31)16-19)27-21-8-4-7-20(21)23-15-18(10-13-24(23)29-27)28-26(32)14-9-17-5-2-1-3-6-17/h1-7,10-13,15-16,20-21,27,29-31H,8-9,14H2,(H,28,32). The Bertz CT molecular complexity index is 1170. The van der Waals surface area contributed by atoms with E-state index in [-0.39, 0.29) is 35.3 Å². The van der Waals surface area contributed by atoms with Gasteiger partial charge in [0.15, 0.2) is 0 Å². The Morgan fingerprint density at radius 1 is 1.00 bits per heavy atom. The molecule has 1 amide bonds. The normalized spacial score (nSPS) is 20.8. The van der Waals surface area contributed by atoms with Crippen molar-refractivity contribution in [3.05, 3.63) is 95.6 Å². The monoisotopic (exact) mass is 426 g/mol. The number of hydrogen-bond donors (Lipinski definition) is 4. The molecule has 1 aliphatic heterocycles. The summed E-state index contributed by atoms with van der Waals surface area (Å²) in [6, 6.07) is 20.7. The summed E-state index contributed by atoms with van der Waals surface area (Å²) in [5.74, 6) is 0.602.